The van der Waals surface area contributed by atoms with Gasteiger partial charge in [-0.3, -0.25) is 0 Å². The van der Waals surface area contributed by atoms with Crippen LogP contribution < -0.4 is 0 Å². The van der Waals surface area contributed by atoms with Gasteiger partial charge < -0.3 is 0 Å². The highest BCUT2D eigenvalue weighted by Crippen LogP contribution is 2.22. The van der Waals surface area contributed by atoms with Crippen LogP contribution in [0.2, 0.25) is 0 Å². The number of nitriles is 1. The number of hydrogen-bond acceptors (Lipinski definition) is 1. The van der Waals surface area contributed by atoms with E-state index in [1.54, 1.807) is 0 Å². The Morgan fingerprint density at radius 2 is 1.60 bits per heavy atom. The molecule has 0 aliphatic heterocycles. The van der Waals surface area contributed by atoms with E-state index in [4.69, 9.17) is 5.26 Å². The van der Waals surface area contributed by atoms with Gasteiger partial charge in [-0.1, -0.05) is 33.1 Å². The molecule has 1 aliphatic rings. The van der Waals surface area contributed by atoms with E-state index in [1.807, 2.05) is 13.8 Å². The Bertz CT molecular complexity index is 95.8. The average molecular weight is 139 g/mol. The molecule has 0 aromatic carbocycles. The predicted octanol–water partition coefficient (Wildman–Crippen LogP) is 3.12. The lowest BCUT2D eigenvalue weighted by Gasteiger charge is -2.13. The van der Waals surface area contributed by atoms with E-state index in [2.05, 4.69) is 6.07 Å². The molecular weight excluding hydrogens is 122 g/mol. The standard InChI is InChI=1S/C7H11N.C2H6/c8-6-7-4-2-1-3-5-7;1-2/h7H,1-5H2;1-2H3. The zero-order chi connectivity index (χ0) is 7.82. The van der Waals surface area contributed by atoms with E-state index in [9.17, 15) is 0 Å². The topological polar surface area (TPSA) is 23.8 Å². The van der Waals surface area contributed by atoms with Crippen molar-refractivity contribution in [2.75, 3.05) is 0 Å². The Balaban J connectivity index is 0.000000371. The largest absolute Gasteiger partial charge is 0.198 e. The average Bonchev–Trinajstić information content (AvgIpc) is 2.10. The van der Waals surface area contributed by atoms with Gasteiger partial charge in [0.05, 0.1) is 6.07 Å². The number of nitrogens with zero attached hydrogens (tertiary/aromatic N) is 1. The molecule has 1 aliphatic carbocycles. The van der Waals surface area contributed by atoms with E-state index in [1.165, 1.54) is 19.3 Å². The van der Waals surface area contributed by atoms with Crippen molar-refractivity contribution in [1.82, 2.24) is 0 Å². The first-order valence-corrected chi connectivity index (χ1v) is 4.33. The summed E-state index contributed by atoms with van der Waals surface area (Å²) in [7, 11) is 0. The van der Waals surface area contributed by atoms with Gasteiger partial charge in [0, 0.05) is 5.92 Å². The fourth-order valence-corrected chi connectivity index (χ4v) is 1.23. The maximum absolute atomic E-state index is 8.44. The molecule has 0 N–H and O–H groups in total. The molecule has 0 unspecified atom stereocenters. The van der Waals surface area contributed by atoms with Crippen molar-refractivity contribution < 1.29 is 0 Å². The quantitative estimate of drug-likeness (QED) is 0.506. The summed E-state index contributed by atoms with van der Waals surface area (Å²) in [6.45, 7) is 4.00. The lowest BCUT2D eigenvalue weighted by atomic mass is 9.91. The van der Waals surface area contributed by atoms with Crippen molar-refractivity contribution in [3.63, 3.8) is 0 Å². The molecule has 0 amide bonds. The van der Waals surface area contributed by atoms with Gasteiger partial charge in [-0.25, -0.2) is 0 Å². The first kappa shape index (κ1) is 9.49. The van der Waals surface area contributed by atoms with Gasteiger partial charge in [0.2, 0.25) is 0 Å². The monoisotopic (exact) mass is 139 g/mol. The molecule has 0 aromatic heterocycles. The van der Waals surface area contributed by atoms with Crippen LogP contribution in [0.3, 0.4) is 0 Å². The molecule has 0 heterocycles. The Morgan fingerprint density at radius 3 is 1.90 bits per heavy atom. The first-order chi connectivity index (χ1) is 4.93. The lowest BCUT2D eigenvalue weighted by molar-refractivity contribution is 0.427. The van der Waals surface area contributed by atoms with Crippen molar-refractivity contribution in [1.29, 1.82) is 5.26 Å². The molecule has 1 heteroatoms. The summed E-state index contributed by atoms with van der Waals surface area (Å²) in [6, 6.07) is 2.30. The summed E-state index contributed by atoms with van der Waals surface area (Å²) in [5, 5.41) is 8.44. The third-order valence-electron chi connectivity index (χ3n) is 1.79. The lowest BCUT2D eigenvalue weighted by Crippen LogP contribution is -2.02. The zero-order valence-electron chi connectivity index (χ0n) is 7.06. The van der Waals surface area contributed by atoms with Crippen molar-refractivity contribution in [3.05, 3.63) is 0 Å². The molecule has 0 radical (unpaired) electrons. The summed E-state index contributed by atoms with van der Waals surface area (Å²) in [4.78, 5) is 0. The van der Waals surface area contributed by atoms with Gasteiger partial charge in [0.1, 0.15) is 0 Å². The minimum absolute atomic E-state index is 0.392. The van der Waals surface area contributed by atoms with Crippen LogP contribution in [0, 0.1) is 17.2 Å². The second-order valence-corrected chi connectivity index (χ2v) is 2.46. The molecule has 58 valence electrons. The van der Waals surface area contributed by atoms with Crippen LogP contribution in [-0.2, 0) is 0 Å². The Hall–Kier alpha value is -0.510. The predicted molar refractivity (Wildman–Crippen MR) is 43.5 cm³/mol. The Kier molecular flexibility index (Phi) is 6.27. The summed E-state index contributed by atoms with van der Waals surface area (Å²) in [6.07, 6.45) is 6.20. The SMILES string of the molecule is CC.N#CC1CCCCC1. The molecular formula is C9H17N. The summed E-state index contributed by atoms with van der Waals surface area (Å²) in [5.41, 5.74) is 0. The van der Waals surface area contributed by atoms with Crippen molar-refractivity contribution in [2.45, 2.75) is 46.0 Å². The minimum Gasteiger partial charge on any atom is -0.198 e. The Labute approximate surface area is 64.1 Å². The fourth-order valence-electron chi connectivity index (χ4n) is 1.23. The maximum atomic E-state index is 8.44. The van der Waals surface area contributed by atoms with Crippen LogP contribution in [0.15, 0.2) is 0 Å². The van der Waals surface area contributed by atoms with Gasteiger partial charge in [-0.05, 0) is 12.8 Å². The highest BCUT2D eigenvalue weighted by molar-refractivity contribution is 4.84. The van der Waals surface area contributed by atoms with Gasteiger partial charge >= 0.3 is 0 Å². The first-order valence-electron chi connectivity index (χ1n) is 4.33. The fraction of sp³-hybridized carbons (Fsp3) is 0.889. The highest BCUT2D eigenvalue weighted by Gasteiger charge is 2.10. The van der Waals surface area contributed by atoms with E-state index < -0.39 is 0 Å². The molecule has 0 bridgehead atoms. The highest BCUT2D eigenvalue weighted by atomic mass is 14.3. The number of hydrogen-bond donors (Lipinski definition) is 0. The molecule has 0 atom stereocenters. The van der Waals surface area contributed by atoms with E-state index in [0.717, 1.165) is 12.8 Å². The molecule has 0 saturated heterocycles. The number of rotatable bonds is 0. The van der Waals surface area contributed by atoms with E-state index >= 15 is 0 Å². The summed E-state index contributed by atoms with van der Waals surface area (Å²) in [5.74, 6) is 0.392. The summed E-state index contributed by atoms with van der Waals surface area (Å²) < 4.78 is 0. The van der Waals surface area contributed by atoms with Gasteiger partial charge in [0.25, 0.3) is 0 Å². The van der Waals surface area contributed by atoms with Crippen molar-refractivity contribution in [2.24, 2.45) is 5.92 Å². The maximum Gasteiger partial charge on any atom is 0.0655 e. The molecule has 1 fully saturated rings. The van der Waals surface area contributed by atoms with E-state index in [-0.39, 0.29) is 0 Å². The molecule has 1 nitrogen and oxygen atoms in total. The van der Waals surface area contributed by atoms with E-state index in [0.29, 0.717) is 5.92 Å². The molecule has 0 aromatic rings. The molecule has 10 heavy (non-hydrogen) atoms. The second kappa shape index (κ2) is 6.61. The molecule has 1 saturated carbocycles. The van der Waals surface area contributed by atoms with Crippen LogP contribution in [-0.4, -0.2) is 0 Å². The molecule has 1 rings (SSSR count). The van der Waals surface area contributed by atoms with Gasteiger partial charge in [0.15, 0.2) is 0 Å². The van der Waals surface area contributed by atoms with Crippen LogP contribution >= 0.6 is 0 Å². The summed E-state index contributed by atoms with van der Waals surface area (Å²) >= 11 is 0. The van der Waals surface area contributed by atoms with Crippen LogP contribution in [0.1, 0.15) is 46.0 Å². The van der Waals surface area contributed by atoms with Crippen molar-refractivity contribution in [3.8, 4) is 6.07 Å². The van der Waals surface area contributed by atoms with Gasteiger partial charge in [-0.15, -0.1) is 0 Å². The molecule has 0 spiro atoms. The third-order valence-corrected chi connectivity index (χ3v) is 1.79. The Morgan fingerprint density at radius 1 is 1.10 bits per heavy atom. The van der Waals surface area contributed by atoms with Gasteiger partial charge in [-0.2, -0.15) is 5.26 Å². The normalized spacial score (nSPS) is 18.5. The smallest absolute Gasteiger partial charge is 0.0655 e. The van der Waals surface area contributed by atoms with Crippen LogP contribution in [0.5, 0.6) is 0 Å². The zero-order valence-corrected chi connectivity index (χ0v) is 7.06. The minimum atomic E-state index is 0.392. The van der Waals surface area contributed by atoms with Crippen LogP contribution in [0.4, 0.5) is 0 Å². The third kappa shape index (κ3) is 3.50. The second-order valence-electron chi connectivity index (χ2n) is 2.46. The van der Waals surface area contributed by atoms with Crippen LogP contribution in [0.25, 0.3) is 0 Å². The van der Waals surface area contributed by atoms with Crippen molar-refractivity contribution >= 4 is 0 Å².